The van der Waals surface area contributed by atoms with E-state index in [0.717, 1.165) is 29.9 Å². The Bertz CT molecular complexity index is 443. The number of ether oxygens (including phenoxy) is 1. The lowest BCUT2D eigenvalue weighted by Gasteiger charge is -2.39. The monoisotopic (exact) mass is 342 g/mol. The van der Waals surface area contributed by atoms with Crippen LogP contribution in [0.4, 0.5) is 5.95 Å². The van der Waals surface area contributed by atoms with Crippen LogP contribution in [0.1, 0.15) is 32.6 Å². The van der Waals surface area contributed by atoms with Crippen LogP contribution in [-0.4, -0.2) is 36.2 Å². The van der Waals surface area contributed by atoms with E-state index < -0.39 is 0 Å². The van der Waals surface area contributed by atoms with Gasteiger partial charge in [-0.3, -0.25) is 0 Å². The molecule has 0 bridgehead atoms. The van der Waals surface area contributed by atoms with Crippen molar-refractivity contribution in [2.24, 2.45) is 11.7 Å². The molecule has 1 saturated carbocycles. The van der Waals surface area contributed by atoms with Crippen molar-refractivity contribution in [1.82, 2.24) is 9.97 Å². The molecule has 0 amide bonds. The molecular weight excluding hydrogens is 320 g/mol. The molecule has 2 N–H and O–H groups in total. The zero-order valence-corrected chi connectivity index (χ0v) is 13.8. The van der Waals surface area contributed by atoms with Crippen LogP contribution >= 0.6 is 15.9 Å². The van der Waals surface area contributed by atoms with Gasteiger partial charge in [-0.1, -0.05) is 12.8 Å². The lowest BCUT2D eigenvalue weighted by Crippen LogP contribution is -2.46. The molecule has 1 fully saturated rings. The van der Waals surface area contributed by atoms with Crippen molar-refractivity contribution in [2.75, 3.05) is 25.1 Å². The fourth-order valence-corrected chi connectivity index (χ4v) is 3.37. The maximum absolute atomic E-state index is 5.94. The summed E-state index contributed by atoms with van der Waals surface area (Å²) in [4.78, 5) is 11.2. The number of methoxy groups -OCH3 is 1. The zero-order chi connectivity index (χ0) is 14.5. The van der Waals surface area contributed by atoms with Crippen LogP contribution in [0.2, 0.25) is 0 Å². The van der Waals surface area contributed by atoms with Gasteiger partial charge in [-0.15, -0.1) is 0 Å². The minimum Gasteiger partial charge on any atom is -0.480 e. The van der Waals surface area contributed by atoms with Crippen LogP contribution in [0.25, 0.3) is 0 Å². The van der Waals surface area contributed by atoms with E-state index >= 15 is 0 Å². The first-order valence-electron chi connectivity index (χ1n) is 7.24. The average Bonchev–Trinajstić information content (AvgIpc) is 2.50. The highest BCUT2D eigenvalue weighted by Crippen LogP contribution is 2.31. The Labute approximate surface area is 129 Å². The number of hydrogen-bond acceptors (Lipinski definition) is 5. The second-order valence-electron chi connectivity index (χ2n) is 5.16. The smallest absolute Gasteiger partial charge is 0.232 e. The predicted octanol–water partition coefficient (Wildman–Crippen LogP) is 2.59. The maximum Gasteiger partial charge on any atom is 0.232 e. The third kappa shape index (κ3) is 3.23. The van der Waals surface area contributed by atoms with E-state index in [1.807, 2.05) is 0 Å². The van der Waals surface area contributed by atoms with E-state index in [-0.39, 0.29) is 0 Å². The van der Waals surface area contributed by atoms with Crippen molar-refractivity contribution in [2.45, 2.75) is 38.6 Å². The highest BCUT2D eigenvalue weighted by molar-refractivity contribution is 9.10. The first-order chi connectivity index (χ1) is 9.71. The number of aromatic nitrogens is 2. The van der Waals surface area contributed by atoms with Crippen LogP contribution in [0.5, 0.6) is 5.88 Å². The van der Waals surface area contributed by atoms with Crippen LogP contribution in [0.3, 0.4) is 0 Å². The lowest BCUT2D eigenvalue weighted by molar-refractivity contribution is 0.297. The summed E-state index contributed by atoms with van der Waals surface area (Å²) in [6.45, 7) is 3.75. The summed E-state index contributed by atoms with van der Waals surface area (Å²) in [5, 5.41) is 0. The van der Waals surface area contributed by atoms with E-state index in [4.69, 9.17) is 10.5 Å². The fourth-order valence-electron chi connectivity index (χ4n) is 3.02. The number of halogens is 1. The van der Waals surface area contributed by atoms with Crippen LogP contribution in [0, 0.1) is 5.92 Å². The van der Waals surface area contributed by atoms with E-state index in [1.165, 1.54) is 19.3 Å². The Balaban J connectivity index is 2.26. The third-order valence-corrected chi connectivity index (χ3v) is 4.61. The minimum atomic E-state index is 0.435. The summed E-state index contributed by atoms with van der Waals surface area (Å²) in [7, 11) is 1.62. The first kappa shape index (κ1) is 15.5. The summed E-state index contributed by atoms with van der Waals surface area (Å²) in [6.07, 6.45) is 6.65. The second-order valence-corrected chi connectivity index (χ2v) is 6.02. The molecule has 1 aromatic rings. The van der Waals surface area contributed by atoms with Gasteiger partial charge in [0.25, 0.3) is 0 Å². The molecule has 0 spiro atoms. The molecule has 0 aromatic carbocycles. The number of anilines is 1. The summed E-state index contributed by atoms with van der Waals surface area (Å²) in [5.74, 6) is 1.84. The topological polar surface area (TPSA) is 64.3 Å². The van der Waals surface area contributed by atoms with Gasteiger partial charge in [0.1, 0.15) is 0 Å². The Morgan fingerprint density at radius 3 is 2.85 bits per heavy atom. The van der Waals surface area contributed by atoms with Gasteiger partial charge in [0.2, 0.25) is 11.8 Å². The molecule has 1 aliphatic carbocycles. The summed E-state index contributed by atoms with van der Waals surface area (Å²) in [6, 6.07) is 0.435. The fraction of sp³-hybridized carbons (Fsp3) is 0.714. The van der Waals surface area contributed by atoms with Gasteiger partial charge in [0, 0.05) is 12.6 Å². The Hall–Kier alpha value is -0.880. The number of rotatable bonds is 5. The van der Waals surface area contributed by atoms with E-state index in [1.54, 1.807) is 13.3 Å². The molecule has 0 radical (unpaired) electrons. The molecule has 1 aromatic heterocycles. The van der Waals surface area contributed by atoms with Gasteiger partial charge in [0.15, 0.2) is 0 Å². The minimum absolute atomic E-state index is 0.435. The molecule has 1 heterocycles. The molecule has 6 heteroatoms. The normalized spacial score (nSPS) is 22.6. The molecule has 0 aliphatic heterocycles. The molecule has 20 heavy (non-hydrogen) atoms. The maximum atomic E-state index is 5.94. The van der Waals surface area contributed by atoms with Crippen molar-refractivity contribution < 1.29 is 4.74 Å². The highest BCUT2D eigenvalue weighted by atomic mass is 79.9. The van der Waals surface area contributed by atoms with Gasteiger partial charge in [-0.2, -0.15) is 4.98 Å². The molecule has 2 atom stereocenters. The second kappa shape index (κ2) is 7.22. The van der Waals surface area contributed by atoms with Crippen LogP contribution in [-0.2, 0) is 0 Å². The van der Waals surface area contributed by atoms with Gasteiger partial charge in [-0.25, -0.2) is 4.98 Å². The van der Waals surface area contributed by atoms with Gasteiger partial charge < -0.3 is 15.4 Å². The predicted molar refractivity (Wildman–Crippen MR) is 84.1 cm³/mol. The molecule has 2 unspecified atom stereocenters. The van der Waals surface area contributed by atoms with Crippen molar-refractivity contribution in [3.05, 3.63) is 10.7 Å². The van der Waals surface area contributed by atoms with Crippen molar-refractivity contribution in [3.8, 4) is 5.88 Å². The van der Waals surface area contributed by atoms with E-state index in [9.17, 15) is 0 Å². The van der Waals surface area contributed by atoms with E-state index in [0.29, 0.717) is 17.8 Å². The third-order valence-electron chi connectivity index (χ3n) is 4.06. The SMILES string of the molecule is CCN(c1ncc(Br)c(OC)n1)C1CCCCC1CN. The summed E-state index contributed by atoms with van der Waals surface area (Å²) in [5.41, 5.74) is 5.94. The molecule has 1 aliphatic rings. The van der Waals surface area contributed by atoms with Gasteiger partial charge in [0.05, 0.1) is 17.8 Å². The molecular formula is C14H23BrN4O. The Morgan fingerprint density at radius 1 is 1.45 bits per heavy atom. The van der Waals surface area contributed by atoms with E-state index in [2.05, 4.69) is 37.7 Å². The van der Waals surface area contributed by atoms with Crippen molar-refractivity contribution in [1.29, 1.82) is 0 Å². The molecule has 112 valence electrons. The van der Waals surface area contributed by atoms with Crippen molar-refractivity contribution >= 4 is 21.9 Å². The Kier molecular flexibility index (Phi) is 5.60. The number of nitrogens with zero attached hydrogens (tertiary/aromatic N) is 3. The standard InChI is InChI=1S/C14H23BrN4O/c1-3-19(12-7-5-4-6-10(12)8-16)14-17-9-11(15)13(18-14)20-2/h9-10,12H,3-8,16H2,1-2H3. The molecule has 5 nitrogen and oxygen atoms in total. The van der Waals surface area contributed by atoms with Crippen molar-refractivity contribution in [3.63, 3.8) is 0 Å². The summed E-state index contributed by atoms with van der Waals surface area (Å²) < 4.78 is 6.05. The number of nitrogens with two attached hydrogens (primary N) is 1. The first-order valence-corrected chi connectivity index (χ1v) is 8.03. The highest BCUT2D eigenvalue weighted by Gasteiger charge is 2.30. The molecule has 0 saturated heterocycles. The zero-order valence-electron chi connectivity index (χ0n) is 12.2. The largest absolute Gasteiger partial charge is 0.480 e. The van der Waals surface area contributed by atoms with Gasteiger partial charge >= 0.3 is 0 Å². The summed E-state index contributed by atoms with van der Waals surface area (Å²) >= 11 is 3.39. The average molecular weight is 343 g/mol. The quantitative estimate of drug-likeness (QED) is 0.890. The lowest BCUT2D eigenvalue weighted by atomic mass is 9.83. The van der Waals surface area contributed by atoms with Crippen LogP contribution in [0.15, 0.2) is 10.7 Å². The Morgan fingerprint density at radius 2 is 2.20 bits per heavy atom. The van der Waals surface area contributed by atoms with Gasteiger partial charge in [-0.05, 0) is 48.2 Å². The number of hydrogen-bond donors (Lipinski definition) is 1. The van der Waals surface area contributed by atoms with Crippen LogP contribution < -0.4 is 15.4 Å². The molecule has 2 rings (SSSR count).